The van der Waals surface area contributed by atoms with Crippen LogP contribution in [0.15, 0.2) is 35.7 Å². The molecule has 0 atom stereocenters. The maximum atomic E-state index is 13.5. The number of amides is 3. The van der Waals surface area contributed by atoms with Crippen LogP contribution in [0.25, 0.3) is 0 Å². The third-order valence-corrected chi connectivity index (χ3v) is 13.6. The second-order valence-corrected chi connectivity index (χ2v) is 17.8. The van der Waals surface area contributed by atoms with Gasteiger partial charge in [-0.15, -0.1) is 11.3 Å². The van der Waals surface area contributed by atoms with Gasteiger partial charge in [-0.1, -0.05) is 51.0 Å². The molecule has 13 nitrogen and oxygen atoms in total. The molecule has 1 saturated carbocycles. The van der Waals surface area contributed by atoms with Crippen molar-refractivity contribution in [2.24, 2.45) is 0 Å². The number of phenols is 1. The summed E-state index contributed by atoms with van der Waals surface area (Å²) in [7, 11) is 0. The fourth-order valence-corrected chi connectivity index (χ4v) is 9.75. The van der Waals surface area contributed by atoms with E-state index >= 15 is 0 Å². The van der Waals surface area contributed by atoms with Gasteiger partial charge in [0.1, 0.15) is 17.1 Å². The molecule has 1 aromatic heterocycles. The van der Waals surface area contributed by atoms with Crippen LogP contribution in [0.1, 0.15) is 102 Å². The van der Waals surface area contributed by atoms with E-state index in [1.54, 1.807) is 17.4 Å². The number of phenolic OH excluding ortho intramolecular Hbond substituents is 1. The maximum Gasteiger partial charge on any atom is 0.273 e. The number of hydrogen-bond donors (Lipinski definition) is 3. The van der Waals surface area contributed by atoms with Crippen molar-refractivity contribution in [3.05, 3.63) is 68.7 Å². The number of piperidine rings is 1. The predicted octanol–water partition coefficient (Wildman–Crippen LogP) is 5.67. The Kier molecular flexibility index (Phi) is 14.6. The van der Waals surface area contributed by atoms with Crippen molar-refractivity contribution < 1.29 is 33.7 Å². The number of benzene rings is 2. The molecule has 3 amide bonds. The second-order valence-electron chi connectivity index (χ2n) is 16.9. The van der Waals surface area contributed by atoms with E-state index in [-0.39, 0.29) is 41.7 Å². The monoisotopic (exact) mass is 830 g/mol. The van der Waals surface area contributed by atoms with E-state index in [4.69, 9.17) is 14.2 Å². The van der Waals surface area contributed by atoms with Gasteiger partial charge in [0, 0.05) is 56.6 Å². The van der Waals surface area contributed by atoms with Crippen molar-refractivity contribution in [2.45, 2.75) is 103 Å². The Labute approximate surface area is 352 Å². The van der Waals surface area contributed by atoms with Crippen LogP contribution in [0, 0.1) is 6.92 Å². The summed E-state index contributed by atoms with van der Waals surface area (Å²) in [6, 6.07) is 10.2. The zero-order chi connectivity index (χ0) is 41.4. The van der Waals surface area contributed by atoms with Gasteiger partial charge in [0.2, 0.25) is 5.91 Å². The van der Waals surface area contributed by atoms with Crippen molar-refractivity contribution in [3.8, 4) is 11.5 Å². The molecule has 59 heavy (non-hydrogen) atoms. The quantitative estimate of drug-likeness (QED) is 0.115. The van der Waals surface area contributed by atoms with Crippen molar-refractivity contribution in [3.63, 3.8) is 0 Å². The van der Waals surface area contributed by atoms with E-state index in [1.807, 2.05) is 16.3 Å². The third-order valence-electron chi connectivity index (χ3n) is 12.5. The number of carbonyl (C=O) groups excluding carboxylic acids is 3. The molecule has 7 rings (SSSR count). The fourth-order valence-electron chi connectivity index (χ4n) is 8.94. The van der Waals surface area contributed by atoms with E-state index in [2.05, 4.69) is 64.4 Å². The number of aromatic hydroxyl groups is 1. The normalized spacial score (nSPS) is 18.2. The molecule has 2 saturated heterocycles. The van der Waals surface area contributed by atoms with Gasteiger partial charge < -0.3 is 39.8 Å². The van der Waals surface area contributed by atoms with Crippen molar-refractivity contribution in [2.75, 3.05) is 77.6 Å². The SMILES string of the molecule is Cc1c(CCOCCC(=O)N(CCNCCc2ccc(O)c3c2OCC(=O)N3)C2CCCC2)cccc1CN1CCC2(CC1)CN(C(=O)c1csc(C(C)C)n1)CCO2. The Morgan fingerprint density at radius 1 is 1.07 bits per heavy atom. The molecule has 3 aliphatic heterocycles. The van der Waals surface area contributed by atoms with Gasteiger partial charge in [0.15, 0.2) is 12.4 Å². The Morgan fingerprint density at radius 2 is 1.86 bits per heavy atom. The van der Waals surface area contributed by atoms with Crippen LogP contribution in [-0.4, -0.2) is 126 Å². The maximum absolute atomic E-state index is 13.5. The number of rotatable bonds is 17. The lowest BCUT2D eigenvalue weighted by Gasteiger charge is -2.47. The number of thiazole rings is 1. The number of morpholine rings is 1. The molecular weight excluding hydrogens is 769 g/mol. The highest BCUT2D eigenvalue weighted by atomic mass is 32.1. The fraction of sp³-hybridized carbons (Fsp3) is 0.600. The lowest BCUT2D eigenvalue weighted by molar-refractivity contribution is -0.134. The largest absolute Gasteiger partial charge is 0.506 e. The molecule has 3 N–H and O–H groups in total. The van der Waals surface area contributed by atoms with Gasteiger partial charge in [0.25, 0.3) is 11.8 Å². The minimum Gasteiger partial charge on any atom is -0.506 e. The third kappa shape index (κ3) is 10.8. The smallest absolute Gasteiger partial charge is 0.273 e. The van der Waals surface area contributed by atoms with E-state index in [1.165, 1.54) is 16.7 Å². The van der Waals surface area contributed by atoms with Crippen LogP contribution in [0.4, 0.5) is 5.69 Å². The topological polar surface area (TPSA) is 146 Å². The van der Waals surface area contributed by atoms with Crippen LogP contribution < -0.4 is 15.4 Å². The summed E-state index contributed by atoms with van der Waals surface area (Å²) in [4.78, 5) is 49.7. The molecule has 4 aliphatic rings. The number of aromatic nitrogens is 1. The minimum atomic E-state index is -0.295. The van der Waals surface area contributed by atoms with Crippen molar-refractivity contribution in [1.82, 2.24) is 25.0 Å². The van der Waals surface area contributed by atoms with Gasteiger partial charge in [-0.2, -0.15) is 0 Å². The van der Waals surface area contributed by atoms with Gasteiger partial charge in [-0.05, 0) is 80.3 Å². The number of ether oxygens (including phenoxy) is 3. The molecule has 3 aromatic rings. The van der Waals surface area contributed by atoms with Crippen LogP contribution in [0.3, 0.4) is 0 Å². The van der Waals surface area contributed by atoms with Crippen LogP contribution in [-0.2, 0) is 38.4 Å². The summed E-state index contributed by atoms with van der Waals surface area (Å²) in [6.45, 7) is 13.8. The molecule has 4 heterocycles. The molecule has 0 radical (unpaired) electrons. The molecule has 14 heteroatoms. The summed E-state index contributed by atoms with van der Waals surface area (Å²) in [5.74, 6) is 0.719. The molecule has 0 unspecified atom stereocenters. The van der Waals surface area contributed by atoms with E-state index in [0.717, 1.165) is 75.2 Å². The van der Waals surface area contributed by atoms with Gasteiger partial charge in [-0.3, -0.25) is 19.3 Å². The lowest BCUT2D eigenvalue weighted by Crippen LogP contribution is -2.58. The summed E-state index contributed by atoms with van der Waals surface area (Å²) in [5.41, 5.74) is 5.40. The molecule has 3 fully saturated rings. The summed E-state index contributed by atoms with van der Waals surface area (Å²) in [5, 5.41) is 19.2. The van der Waals surface area contributed by atoms with Gasteiger partial charge in [-0.25, -0.2) is 4.98 Å². The van der Waals surface area contributed by atoms with Crippen molar-refractivity contribution >= 4 is 34.7 Å². The predicted molar refractivity (Wildman–Crippen MR) is 228 cm³/mol. The van der Waals surface area contributed by atoms with E-state index in [0.29, 0.717) is 88.4 Å². The zero-order valence-corrected chi connectivity index (χ0v) is 35.9. The highest BCUT2D eigenvalue weighted by molar-refractivity contribution is 7.09. The number of hydrogen-bond acceptors (Lipinski definition) is 11. The number of fused-ring (bicyclic) bond motifs is 1. The second kappa shape index (κ2) is 20.0. The molecule has 1 spiro atoms. The van der Waals surface area contributed by atoms with Gasteiger partial charge >= 0.3 is 0 Å². The molecule has 1 aliphatic carbocycles. The Morgan fingerprint density at radius 3 is 2.64 bits per heavy atom. The summed E-state index contributed by atoms with van der Waals surface area (Å²) in [6.07, 6.45) is 8.02. The average molecular weight is 831 g/mol. The average Bonchev–Trinajstić information content (AvgIpc) is 3.96. The highest BCUT2D eigenvalue weighted by Gasteiger charge is 2.41. The zero-order valence-electron chi connectivity index (χ0n) is 35.1. The highest BCUT2D eigenvalue weighted by Crippen LogP contribution is 2.39. The first kappa shape index (κ1) is 43.0. The molecular formula is C45H62N6O7S. The minimum absolute atomic E-state index is 0.00504. The first-order valence-corrected chi connectivity index (χ1v) is 22.5. The number of carbonyl (C=O) groups is 3. The molecule has 320 valence electrons. The Hall–Kier alpha value is -4.08. The number of nitrogens with zero attached hydrogens (tertiary/aromatic N) is 4. The Balaban J connectivity index is 0.819. The first-order valence-electron chi connectivity index (χ1n) is 21.6. The molecule has 2 aromatic carbocycles. The summed E-state index contributed by atoms with van der Waals surface area (Å²) < 4.78 is 18.1. The van der Waals surface area contributed by atoms with Crippen LogP contribution in [0.2, 0.25) is 0 Å². The van der Waals surface area contributed by atoms with Crippen LogP contribution in [0.5, 0.6) is 11.5 Å². The van der Waals surface area contributed by atoms with Crippen LogP contribution >= 0.6 is 11.3 Å². The number of nitrogens with one attached hydrogen (secondary N) is 2. The number of likely N-dealkylation sites (tertiary alicyclic amines) is 1. The number of anilines is 1. The molecule has 0 bridgehead atoms. The Bertz CT molecular complexity index is 1920. The summed E-state index contributed by atoms with van der Waals surface area (Å²) >= 11 is 1.57. The van der Waals surface area contributed by atoms with Gasteiger partial charge in [0.05, 0.1) is 43.4 Å². The lowest BCUT2D eigenvalue weighted by atomic mass is 9.88. The van der Waals surface area contributed by atoms with E-state index < -0.39 is 0 Å². The van der Waals surface area contributed by atoms with Crippen molar-refractivity contribution in [1.29, 1.82) is 0 Å². The standard InChI is InChI=1S/C45H62N6O7S/c1-31(2)43-47-37(29-59-43)44(55)50-23-26-58-45(30-50)16-20-49(21-17-45)27-35-8-6-7-33(32(35)3)14-24-56-25-15-40(54)51(36-9-4-5-10-36)22-19-46-18-13-34-11-12-38(52)41-42(34)57-28-39(53)48-41/h6-8,11-12,29,31,36,46,52H,4-5,9-10,13-28,30H2,1-3H3,(H,48,53). The first-order chi connectivity index (χ1) is 28.6. The van der Waals surface area contributed by atoms with E-state index in [9.17, 15) is 19.5 Å².